The van der Waals surface area contributed by atoms with Crippen molar-refractivity contribution in [2.45, 2.75) is 25.3 Å². The highest BCUT2D eigenvalue weighted by molar-refractivity contribution is 7.89. The van der Waals surface area contributed by atoms with Crippen molar-refractivity contribution < 1.29 is 13.5 Å². The summed E-state index contributed by atoms with van der Waals surface area (Å²) in [4.78, 5) is 0.235. The molecule has 0 aromatic heterocycles. The smallest absolute Gasteiger partial charge is 0.243 e. The summed E-state index contributed by atoms with van der Waals surface area (Å²) in [7, 11) is -3.66. The van der Waals surface area contributed by atoms with Gasteiger partial charge in [-0.2, -0.15) is 4.31 Å². The molecule has 20 heavy (non-hydrogen) atoms. The Labute approximate surface area is 120 Å². The van der Waals surface area contributed by atoms with Crippen LogP contribution in [0.3, 0.4) is 0 Å². The third kappa shape index (κ3) is 3.46. The number of aryl methyl sites for hydroxylation is 2. The summed E-state index contributed by atoms with van der Waals surface area (Å²) in [6.07, 6.45) is 1.50. The molecular weight excluding hydrogens is 276 g/mol. The highest BCUT2D eigenvalue weighted by Crippen LogP contribution is 2.23. The minimum absolute atomic E-state index is 0.0413. The molecule has 112 valence electrons. The number of benzene rings is 1. The molecule has 0 saturated heterocycles. The number of hydrogen-bond donors (Lipinski definition) is 2. The highest BCUT2D eigenvalue weighted by atomic mass is 32.2. The zero-order valence-electron chi connectivity index (χ0n) is 12.0. The minimum Gasteiger partial charge on any atom is -0.395 e. The molecule has 5 nitrogen and oxygen atoms in total. The van der Waals surface area contributed by atoms with Crippen molar-refractivity contribution in [2.24, 2.45) is 5.73 Å². The maximum atomic E-state index is 12.6. The molecule has 0 aliphatic heterocycles. The molecule has 1 aromatic carbocycles. The van der Waals surface area contributed by atoms with Gasteiger partial charge in [-0.05, 0) is 36.6 Å². The van der Waals surface area contributed by atoms with Crippen LogP contribution < -0.4 is 5.73 Å². The molecule has 0 bridgehead atoms. The van der Waals surface area contributed by atoms with Crippen molar-refractivity contribution in [3.05, 3.63) is 41.5 Å². The molecular formula is C14H22N2O3S. The van der Waals surface area contributed by atoms with Crippen LogP contribution >= 0.6 is 0 Å². The van der Waals surface area contributed by atoms with Gasteiger partial charge in [0.05, 0.1) is 11.5 Å². The number of aliphatic hydroxyl groups is 1. The molecule has 0 heterocycles. The lowest BCUT2D eigenvalue weighted by atomic mass is 10.1. The Balaban J connectivity index is 3.36. The normalized spacial score (nSPS) is 11.8. The van der Waals surface area contributed by atoms with Crippen LogP contribution in [0.1, 0.15) is 16.7 Å². The van der Waals surface area contributed by atoms with E-state index in [2.05, 4.69) is 6.58 Å². The van der Waals surface area contributed by atoms with Crippen LogP contribution in [0.25, 0.3) is 0 Å². The standard InChI is InChI=1S/C14H22N2O3S/c1-4-5-16(6-7-17)20(18,19)14-9-13(10-15)11(2)8-12(14)3/h4,8-9,17H,1,5-7,10,15H2,2-3H3. The number of hydrogen-bond acceptors (Lipinski definition) is 4. The van der Waals surface area contributed by atoms with Gasteiger partial charge in [-0.3, -0.25) is 0 Å². The Hall–Kier alpha value is -1.21. The molecule has 0 amide bonds. The molecule has 0 unspecified atom stereocenters. The number of nitrogens with two attached hydrogens (primary N) is 1. The lowest BCUT2D eigenvalue weighted by Gasteiger charge is -2.21. The summed E-state index contributed by atoms with van der Waals surface area (Å²) >= 11 is 0. The van der Waals surface area contributed by atoms with Crippen molar-refractivity contribution in [3.63, 3.8) is 0 Å². The number of aliphatic hydroxyl groups excluding tert-OH is 1. The Kier molecular flexibility index (Phi) is 5.88. The second-order valence-corrected chi connectivity index (χ2v) is 6.53. The van der Waals surface area contributed by atoms with Crippen LogP contribution in [0.5, 0.6) is 0 Å². The number of sulfonamides is 1. The molecule has 1 aromatic rings. The lowest BCUT2D eigenvalue weighted by Crippen LogP contribution is -2.34. The van der Waals surface area contributed by atoms with Crippen LogP contribution in [0.15, 0.2) is 29.7 Å². The van der Waals surface area contributed by atoms with Gasteiger partial charge in [0.15, 0.2) is 0 Å². The minimum atomic E-state index is -3.66. The summed E-state index contributed by atoms with van der Waals surface area (Å²) in [6.45, 7) is 7.47. The Morgan fingerprint density at radius 1 is 1.35 bits per heavy atom. The zero-order valence-corrected chi connectivity index (χ0v) is 12.8. The predicted molar refractivity (Wildman–Crippen MR) is 79.8 cm³/mol. The first-order valence-corrected chi connectivity index (χ1v) is 7.84. The monoisotopic (exact) mass is 298 g/mol. The quantitative estimate of drug-likeness (QED) is 0.734. The largest absolute Gasteiger partial charge is 0.395 e. The van der Waals surface area contributed by atoms with Gasteiger partial charge in [0, 0.05) is 19.6 Å². The Morgan fingerprint density at radius 2 is 2.00 bits per heavy atom. The van der Waals surface area contributed by atoms with E-state index in [9.17, 15) is 8.42 Å². The van der Waals surface area contributed by atoms with Gasteiger partial charge in [-0.25, -0.2) is 8.42 Å². The number of rotatable bonds is 7. The Morgan fingerprint density at radius 3 is 2.50 bits per heavy atom. The first-order chi connectivity index (χ1) is 9.38. The first kappa shape index (κ1) is 16.8. The molecule has 0 atom stereocenters. The van der Waals surface area contributed by atoms with E-state index in [1.807, 2.05) is 13.0 Å². The first-order valence-electron chi connectivity index (χ1n) is 6.40. The van der Waals surface area contributed by atoms with Gasteiger partial charge in [-0.1, -0.05) is 12.1 Å². The average Bonchev–Trinajstić information content (AvgIpc) is 2.38. The maximum Gasteiger partial charge on any atom is 0.243 e. The summed E-state index contributed by atoms with van der Waals surface area (Å²) < 4.78 is 26.5. The average molecular weight is 298 g/mol. The van der Waals surface area contributed by atoms with E-state index in [1.165, 1.54) is 10.4 Å². The maximum absolute atomic E-state index is 12.6. The fraction of sp³-hybridized carbons (Fsp3) is 0.429. The Bertz CT molecular complexity index is 582. The fourth-order valence-electron chi connectivity index (χ4n) is 2.08. The van der Waals surface area contributed by atoms with Crippen molar-refractivity contribution in [1.82, 2.24) is 4.31 Å². The predicted octanol–water partition coefficient (Wildman–Crippen LogP) is 0.931. The molecule has 0 fully saturated rings. The van der Waals surface area contributed by atoms with Crippen LogP contribution in [0.4, 0.5) is 0 Å². The molecule has 0 spiro atoms. The lowest BCUT2D eigenvalue weighted by molar-refractivity contribution is 0.260. The van der Waals surface area contributed by atoms with Crippen molar-refractivity contribution in [1.29, 1.82) is 0 Å². The van der Waals surface area contributed by atoms with E-state index in [4.69, 9.17) is 10.8 Å². The molecule has 3 N–H and O–H groups in total. The van der Waals surface area contributed by atoms with Crippen LogP contribution in [-0.4, -0.2) is 37.5 Å². The van der Waals surface area contributed by atoms with Crippen molar-refractivity contribution >= 4 is 10.0 Å². The summed E-state index contributed by atoms with van der Waals surface area (Å²) in [5, 5.41) is 9.03. The van der Waals surface area contributed by atoms with Gasteiger partial charge in [0.25, 0.3) is 0 Å². The van der Waals surface area contributed by atoms with Gasteiger partial charge in [0.2, 0.25) is 10.0 Å². The van der Waals surface area contributed by atoms with Gasteiger partial charge in [0.1, 0.15) is 0 Å². The SMILES string of the molecule is C=CCN(CCO)S(=O)(=O)c1cc(CN)c(C)cc1C. The van der Waals surface area contributed by atoms with Gasteiger partial charge >= 0.3 is 0 Å². The topological polar surface area (TPSA) is 83.6 Å². The summed E-state index contributed by atoms with van der Waals surface area (Å²) in [5.74, 6) is 0. The van der Waals surface area contributed by atoms with E-state index in [-0.39, 0.29) is 31.1 Å². The van der Waals surface area contributed by atoms with Gasteiger partial charge in [-0.15, -0.1) is 6.58 Å². The van der Waals surface area contributed by atoms with E-state index in [0.29, 0.717) is 5.56 Å². The molecule has 0 aliphatic carbocycles. The van der Waals surface area contributed by atoms with Crippen molar-refractivity contribution in [3.8, 4) is 0 Å². The van der Waals surface area contributed by atoms with E-state index in [0.717, 1.165) is 11.1 Å². The summed E-state index contributed by atoms with van der Waals surface area (Å²) in [5.41, 5.74) is 8.09. The van der Waals surface area contributed by atoms with E-state index < -0.39 is 10.0 Å². The van der Waals surface area contributed by atoms with Crippen molar-refractivity contribution in [2.75, 3.05) is 19.7 Å². The third-order valence-corrected chi connectivity index (χ3v) is 5.16. The second kappa shape index (κ2) is 6.99. The van der Waals surface area contributed by atoms with E-state index >= 15 is 0 Å². The molecule has 0 radical (unpaired) electrons. The molecule has 0 aliphatic rings. The van der Waals surface area contributed by atoms with Crippen LogP contribution in [-0.2, 0) is 16.6 Å². The second-order valence-electron chi connectivity index (χ2n) is 4.62. The van der Waals surface area contributed by atoms with Crippen LogP contribution in [0, 0.1) is 13.8 Å². The number of nitrogens with zero attached hydrogens (tertiary/aromatic N) is 1. The van der Waals surface area contributed by atoms with Crippen LogP contribution in [0.2, 0.25) is 0 Å². The zero-order chi connectivity index (χ0) is 15.3. The fourth-order valence-corrected chi connectivity index (χ4v) is 3.74. The van der Waals surface area contributed by atoms with E-state index in [1.54, 1.807) is 13.0 Å². The molecule has 6 heteroatoms. The molecule has 1 rings (SSSR count). The third-order valence-electron chi connectivity index (χ3n) is 3.15. The summed E-state index contributed by atoms with van der Waals surface area (Å²) in [6, 6.07) is 3.44. The molecule has 0 saturated carbocycles. The highest BCUT2D eigenvalue weighted by Gasteiger charge is 2.25. The van der Waals surface area contributed by atoms with Gasteiger partial charge < -0.3 is 10.8 Å².